The Labute approximate surface area is 94.1 Å². The molecular weight excluding hydrogens is 209 g/mol. The van der Waals surface area contributed by atoms with E-state index in [1.54, 1.807) is 6.92 Å². The van der Waals surface area contributed by atoms with Crippen molar-refractivity contribution in [3.8, 4) is 0 Å². The molecule has 0 fully saturated rings. The molecule has 16 heavy (non-hydrogen) atoms. The van der Waals surface area contributed by atoms with Crippen molar-refractivity contribution in [2.45, 2.75) is 32.4 Å². The van der Waals surface area contributed by atoms with Crippen LogP contribution in [0.1, 0.15) is 31.1 Å². The Kier molecular flexibility index (Phi) is 3.59. The average molecular weight is 225 g/mol. The predicted molar refractivity (Wildman–Crippen MR) is 59.4 cm³/mol. The number of amides is 1. The van der Waals surface area contributed by atoms with E-state index >= 15 is 0 Å². The lowest BCUT2D eigenvalue weighted by molar-refractivity contribution is 0.0902. The lowest BCUT2D eigenvalue weighted by Gasteiger charge is -2.30. The number of aromatic nitrogens is 1. The maximum absolute atomic E-state index is 12.9. The normalized spacial score (nSPS) is 13.3. The van der Waals surface area contributed by atoms with Gasteiger partial charge in [-0.3, -0.25) is 9.78 Å². The Bertz CT molecular complexity index is 391. The van der Waals surface area contributed by atoms with E-state index in [-0.39, 0.29) is 17.5 Å². The third-order valence-electron chi connectivity index (χ3n) is 2.54. The minimum atomic E-state index is -0.552. The molecule has 0 spiro atoms. The molecular formula is C11H16FN3O. The van der Waals surface area contributed by atoms with Gasteiger partial charge in [0.2, 0.25) is 0 Å². The largest absolute Gasteiger partial charge is 0.346 e. The molecule has 0 aromatic carbocycles. The average Bonchev–Trinajstić information content (AvgIpc) is 2.16. The predicted octanol–water partition coefficient (Wildman–Crippen LogP) is 1.08. The Morgan fingerprint density at radius 1 is 1.56 bits per heavy atom. The highest BCUT2D eigenvalue weighted by Crippen LogP contribution is 2.09. The quantitative estimate of drug-likeness (QED) is 0.808. The van der Waals surface area contributed by atoms with Crippen LogP contribution in [0.4, 0.5) is 4.39 Å². The first kappa shape index (κ1) is 12.6. The lowest BCUT2D eigenvalue weighted by atomic mass is 9.96. The van der Waals surface area contributed by atoms with Gasteiger partial charge in [0.25, 0.3) is 5.91 Å². The van der Waals surface area contributed by atoms with E-state index in [9.17, 15) is 9.18 Å². The maximum Gasteiger partial charge on any atom is 0.253 e. The van der Waals surface area contributed by atoms with Gasteiger partial charge >= 0.3 is 0 Å². The second kappa shape index (κ2) is 4.57. The number of carbonyl (C=O) groups is 1. The Hall–Kier alpha value is -1.49. The molecule has 0 saturated carbocycles. The van der Waals surface area contributed by atoms with Gasteiger partial charge in [0.1, 0.15) is 5.82 Å². The second-order valence-corrected chi connectivity index (χ2v) is 4.36. The van der Waals surface area contributed by atoms with E-state index in [0.717, 1.165) is 12.3 Å². The highest BCUT2D eigenvalue weighted by molar-refractivity contribution is 5.94. The van der Waals surface area contributed by atoms with Crippen molar-refractivity contribution in [2.75, 3.05) is 0 Å². The van der Waals surface area contributed by atoms with Crippen LogP contribution in [-0.2, 0) is 0 Å². The van der Waals surface area contributed by atoms with E-state index in [1.165, 1.54) is 6.20 Å². The van der Waals surface area contributed by atoms with Crippen molar-refractivity contribution < 1.29 is 9.18 Å². The van der Waals surface area contributed by atoms with E-state index in [1.807, 2.05) is 13.8 Å². The molecule has 3 N–H and O–H groups in total. The molecule has 1 heterocycles. The number of rotatable bonds is 3. The van der Waals surface area contributed by atoms with Crippen LogP contribution in [-0.4, -0.2) is 22.5 Å². The molecule has 1 rings (SSSR count). The first-order valence-corrected chi connectivity index (χ1v) is 5.01. The summed E-state index contributed by atoms with van der Waals surface area (Å²) in [6.07, 6.45) is 2.36. The summed E-state index contributed by atoms with van der Waals surface area (Å²) in [5, 5.41) is 2.73. The minimum absolute atomic E-state index is 0.189. The zero-order valence-electron chi connectivity index (χ0n) is 9.62. The highest BCUT2D eigenvalue weighted by atomic mass is 19.1. The fraction of sp³-hybridized carbons (Fsp3) is 0.455. The van der Waals surface area contributed by atoms with Crippen LogP contribution in [0.15, 0.2) is 18.5 Å². The van der Waals surface area contributed by atoms with Gasteiger partial charge in [0, 0.05) is 17.8 Å². The van der Waals surface area contributed by atoms with Crippen molar-refractivity contribution in [1.82, 2.24) is 10.3 Å². The van der Waals surface area contributed by atoms with Gasteiger partial charge in [0.05, 0.1) is 11.8 Å². The van der Waals surface area contributed by atoms with Crippen LogP contribution in [0.25, 0.3) is 0 Å². The van der Waals surface area contributed by atoms with E-state index in [2.05, 4.69) is 10.3 Å². The third-order valence-corrected chi connectivity index (χ3v) is 2.54. The zero-order valence-corrected chi connectivity index (χ0v) is 9.62. The molecule has 1 amide bonds. The van der Waals surface area contributed by atoms with Crippen molar-refractivity contribution in [1.29, 1.82) is 0 Å². The van der Waals surface area contributed by atoms with E-state index in [4.69, 9.17) is 5.73 Å². The number of halogens is 1. The van der Waals surface area contributed by atoms with E-state index < -0.39 is 11.4 Å². The molecule has 0 aliphatic carbocycles. The van der Waals surface area contributed by atoms with Crippen molar-refractivity contribution >= 4 is 5.91 Å². The molecule has 0 saturated heterocycles. The van der Waals surface area contributed by atoms with Crippen LogP contribution in [0, 0.1) is 5.82 Å². The van der Waals surface area contributed by atoms with Crippen molar-refractivity contribution in [2.24, 2.45) is 5.73 Å². The molecule has 1 unspecified atom stereocenters. The zero-order chi connectivity index (χ0) is 12.3. The molecule has 4 nitrogen and oxygen atoms in total. The summed E-state index contributed by atoms with van der Waals surface area (Å²) in [6.45, 7) is 5.41. The van der Waals surface area contributed by atoms with Gasteiger partial charge in [-0.15, -0.1) is 0 Å². The van der Waals surface area contributed by atoms with Gasteiger partial charge in [-0.05, 0) is 26.8 Å². The summed E-state index contributed by atoms with van der Waals surface area (Å²) >= 11 is 0. The van der Waals surface area contributed by atoms with E-state index in [0.29, 0.717) is 0 Å². The molecule has 1 atom stereocenters. The molecule has 0 aliphatic rings. The minimum Gasteiger partial charge on any atom is -0.346 e. The highest BCUT2D eigenvalue weighted by Gasteiger charge is 2.25. The number of nitrogens with one attached hydrogen (secondary N) is 1. The standard InChI is InChI=1S/C11H16FN3O/c1-7(13)11(2,3)15-10(16)8-4-9(12)6-14-5-8/h4-7H,13H2,1-3H3,(H,15,16). The number of nitrogens with two attached hydrogens (primary N) is 1. The summed E-state index contributed by atoms with van der Waals surface area (Å²) in [4.78, 5) is 15.4. The monoisotopic (exact) mass is 225 g/mol. The first-order chi connectivity index (χ1) is 7.33. The molecule has 0 radical (unpaired) electrons. The molecule has 5 heteroatoms. The van der Waals surface area contributed by atoms with Crippen molar-refractivity contribution in [3.05, 3.63) is 29.8 Å². The molecule has 0 aliphatic heterocycles. The summed E-state index contributed by atoms with van der Waals surface area (Å²) in [5.74, 6) is -0.916. The fourth-order valence-electron chi connectivity index (χ4n) is 1.01. The second-order valence-electron chi connectivity index (χ2n) is 4.36. The Morgan fingerprint density at radius 3 is 2.69 bits per heavy atom. The SMILES string of the molecule is CC(N)C(C)(C)NC(=O)c1cncc(F)c1. The number of nitrogens with zero attached hydrogens (tertiary/aromatic N) is 1. The molecule has 0 bridgehead atoms. The van der Waals surface area contributed by atoms with Crippen LogP contribution < -0.4 is 11.1 Å². The summed E-state index contributed by atoms with van der Waals surface area (Å²) in [6, 6.07) is 0.928. The van der Waals surface area contributed by atoms with Crippen molar-refractivity contribution in [3.63, 3.8) is 0 Å². The fourth-order valence-corrected chi connectivity index (χ4v) is 1.01. The maximum atomic E-state index is 12.9. The number of carbonyl (C=O) groups excluding carboxylic acids is 1. The third kappa shape index (κ3) is 3.00. The van der Waals surface area contributed by atoms with Crippen LogP contribution in [0.2, 0.25) is 0 Å². The van der Waals surface area contributed by atoms with Gasteiger partial charge in [0.15, 0.2) is 0 Å². The first-order valence-electron chi connectivity index (χ1n) is 5.01. The molecule has 88 valence electrons. The Morgan fingerprint density at radius 2 is 2.19 bits per heavy atom. The Balaban J connectivity index is 2.81. The molecule has 1 aromatic rings. The van der Waals surface area contributed by atoms with Crippen LogP contribution in [0.5, 0.6) is 0 Å². The number of hydrogen-bond acceptors (Lipinski definition) is 3. The van der Waals surface area contributed by atoms with Gasteiger partial charge < -0.3 is 11.1 Å². The summed E-state index contributed by atoms with van der Waals surface area (Å²) in [5.41, 5.74) is 5.36. The number of hydrogen-bond donors (Lipinski definition) is 2. The topological polar surface area (TPSA) is 68.0 Å². The smallest absolute Gasteiger partial charge is 0.253 e. The molecule has 1 aromatic heterocycles. The van der Waals surface area contributed by atoms with Gasteiger partial charge in [-0.1, -0.05) is 0 Å². The van der Waals surface area contributed by atoms with Crippen LogP contribution in [0.3, 0.4) is 0 Å². The number of pyridine rings is 1. The van der Waals surface area contributed by atoms with Gasteiger partial charge in [-0.25, -0.2) is 4.39 Å². The van der Waals surface area contributed by atoms with Gasteiger partial charge in [-0.2, -0.15) is 0 Å². The summed E-state index contributed by atoms with van der Waals surface area (Å²) < 4.78 is 12.9. The lowest BCUT2D eigenvalue weighted by Crippen LogP contribution is -2.54. The van der Waals surface area contributed by atoms with Crippen LogP contribution >= 0.6 is 0 Å². The summed E-state index contributed by atoms with van der Waals surface area (Å²) in [7, 11) is 0.